The number of benzene rings is 6. The number of nitrogens with one attached hydrogen (secondary N) is 1. The Morgan fingerprint density at radius 1 is 0.293 bits per heavy atom. The van der Waals surface area contributed by atoms with Gasteiger partial charge in [-0.3, -0.25) is 5.32 Å². The van der Waals surface area contributed by atoms with Crippen molar-refractivity contribution in [1.29, 1.82) is 0 Å². The van der Waals surface area contributed by atoms with Crippen molar-refractivity contribution < 1.29 is 0 Å². The molecule has 0 heterocycles. The summed E-state index contributed by atoms with van der Waals surface area (Å²) in [5.74, 6) is 0. The third-order valence-electron chi connectivity index (χ3n) is 7.62. The number of rotatable bonds is 8. The van der Waals surface area contributed by atoms with Crippen molar-refractivity contribution in [3.63, 3.8) is 0 Å². The van der Waals surface area contributed by atoms with Crippen LogP contribution in [-0.2, 0) is 11.1 Å². The summed E-state index contributed by atoms with van der Waals surface area (Å²) in [6.45, 7) is 0. The smallest absolute Gasteiger partial charge is 0.0959 e. The zero-order chi connectivity index (χ0) is 28.4. The third kappa shape index (κ3) is 5.36. The van der Waals surface area contributed by atoms with Gasteiger partial charge in [-0.15, -0.1) is 0 Å². The van der Waals surface area contributed by atoms with E-state index in [2.05, 4.69) is 193 Å². The summed E-state index contributed by atoms with van der Waals surface area (Å²) in [5.41, 5.74) is 10.2. The van der Waals surface area contributed by atoms with Crippen molar-refractivity contribution in [3.8, 4) is 0 Å². The molecule has 0 amide bonds. The van der Waals surface area contributed by atoms with Crippen molar-refractivity contribution in [2.75, 3.05) is 7.05 Å². The van der Waals surface area contributed by atoms with Gasteiger partial charge >= 0.3 is 0 Å². The molecule has 0 aliphatic carbocycles. The molecule has 0 unspecified atom stereocenters. The van der Waals surface area contributed by atoms with Crippen molar-refractivity contribution >= 4 is 0 Å². The van der Waals surface area contributed by atoms with E-state index in [4.69, 9.17) is 0 Å². The molecule has 0 aromatic heterocycles. The Morgan fingerprint density at radius 2 is 0.439 bits per heavy atom. The summed E-state index contributed by atoms with van der Waals surface area (Å²) in [4.78, 5) is 0. The summed E-state index contributed by atoms with van der Waals surface area (Å²) in [6.07, 6.45) is 0. The lowest BCUT2D eigenvalue weighted by molar-refractivity contribution is 0.354. The van der Waals surface area contributed by atoms with Crippen molar-refractivity contribution in [1.82, 2.24) is 5.32 Å². The maximum Gasteiger partial charge on any atom is 0.0959 e. The molecule has 0 radical (unpaired) electrons. The van der Waals surface area contributed by atoms with Gasteiger partial charge in [-0.1, -0.05) is 182 Å². The predicted molar refractivity (Wildman–Crippen MR) is 172 cm³/mol. The quantitative estimate of drug-likeness (QED) is 0.194. The molecule has 0 aliphatic rings. The molecule has 2 heteroatoms. The first kappa shape index (κ1) is 27.8. The highest BCUT2D eigenvalue weighted by atomic mass is 15.1. The summed E-state index contributed by atoms with van der Waals surface area (Å²) in [6, 6.07) is 64.9. The van der Waals surface area contributed by atoms with Gasteiger partial charge in [-0.05, 0) is 40.4 Å². The number of hydrogen-bond donors (Lipinski definition) is 2. The molecule has 6 aromatic rings. The van der Waals surface area contributed by atoms with Crippen LogP contribution in [0.5, 0.6) is 0 Å². The van der Waals surface area contributed by atoms with Crippen molar-refractivity contribution in [3.05, 3.63) is 215 Å². The average molecular weight is 533 g/mol. The molecule has 202 valence electrons. The van der Waals surface area contributed by atoms with E-state index < -0.39 is 11.1 Å². The van der Waals surface area contributed by atoms with Gasteiger partial charge in [0, 0.05) is 0 Å². The molecule has 41 heavy (non-hydrogen) atoms. The minimum absolute atomic E-state index is 0.675. The SMILES string of the molecule is CN.c1ccc(C(NC(c2ccccc2)(c2ccccc2)c2ccccc2)(c2ccccc2)c2ccccc2)cc1. The van der Waals surface area contributed by atoms with E-state index in [1.807, 2.05) is 0 Å². The van der Waals surface area contributed by atoms with Crippen LogP contribution < -0.4 is 11.1 Å². The Morgan fingerprint density at radius 3 is 0.585 bits per heavy atom. The molecular formula is C39H36N2. The fourth-order valence-corrected chi connectivity index (χ4v) is 5.84. The molecule has 0 saturated carbocycles. The third-order valence-corrected chi connectivity index (χ3v) is 7.62. The van der Waals surface area contributed by atoms with Gasteiger partial charge in [0.15, 0.2) is 0 Å². The van der Waals surface area contributed by atoms with Crippen LogP contribution >= 0.6 is 0 Å². The first-order valence-electron chi connectivity index (χ1n) is 14.0. The van der Waals surface area contributed by atoms with Crippen LogP contribution in [0.3, 0.4) is 0 Å². The molecule has 0 saturated heterocycles. The van der Waals surface area contributed by atoms with Gasteiger partial charge in [0.1, 0.15) is 0 Å². The molecule has 0 spiro atoms. The highest BCUT2D eigenvalue weighted by Gasteiger charge is 2.46. The van der Waals surface area contributed by atoms with Crippen LogP contribution in [0.4, 0.5) is 0 Å². The second kappa shape index (κ2) is 13.1. The van der Waals surface area contributed by atoms with Crippen LogP contribution in [0.2, 0.25) is 0 Å². The highest BCUT2D eigenvalue weighted by Crippen LogP contribution is 2.45. The van der Waals surface area contributed by atoms with Gasteiger partial charge in [-0.2, -0.15) is 0 Å². The van der Waals surface area contributed by atoms with Crippen LogP contribution in [0.25, 0.3) is 0 Å². The summed E-state index contributed by atoms with van der Waals surface area (Å²) in [7, 11) is 1.50. The van der Waals surface area contributed by atoms with Gasteiger partial charge in [-0.25, -0.2) is 0 Å². The second-order valence-electron chi connectivity index (χ2n) is 9.82. The number of nitrogens with two attached hydrogens (primary N) is 1. The maximum atomic E-state index is 4.50. The lowest BCUT2D eigenvalue weighted by Crippen LogP contribution is -2.57. The van der Waals surface area contributed by atoms with E-state index in [-0.39, 0.29) is 0 Å². The minimum Gasteiger partial charge on any atom is -0.333 e. The van der Waals surface area contributed by atoms with Crippen LogP contribution in [-0.4, -0.2) is 7.05 Å². The van der Waals surface area contributed by atoms with E-state index in [1.54, 1.807) is 0 Å². The van der Waals surface area contributed by atoms with Crippen LogP contribution in [0.15, 0.2) is 182 Å². The molecule has 0 atom stereocenters. The van der Waals surface area contributed by atoms with Gasteiger partial charge in [0.25, 0.3) is 0 Å². The van der Waals surface area contributed by atoms with E-state index in [0.717, 1.165) is 0 Å². The Balaban J connectivity index is 0.00000165. The fraction of sp³-hybridized carbons (Fsp3) is 0.0769. The Bertz CT molecular complexity index is 1270. The monoisotopic (exact) mass is 532 g/mol. The summed E-state index contributed by atoms with van der Waals surface area (Å²) >= 11 is 0. The standard InChI is InChI=1S/C38H31N.CH5N/c1-7-19-31(20-8-1)37(32-21-9-2-10-22-32,33-23-11-3-12-24-33)39-38(34-25-13-4-14-26-34,35-27-15-5-16-28-35)36-29-17-6-18-30-36;1-2/h1-30,39H;2H2,1H3. The fourth-order valence-electron chi connectivity index (χ4n) is 5.84. The first-order chi connectivity index (χ1) is 20.3. The van der Waals surface area contributed by atoms with Crippen LogP contribution in [0, 0.1) is 0 Å². The maximum absolute atomic E-state index is 4.50. The predicted octanol–water partition coefficient (Wildman–Crippen LogP) is 8.14. The van der Waals surface area contributed by atoms with E-state index >= 15 is 0 Å². The zero-order valence-corrected chi connectivity index (χ0v) is 23.4. The van der Waals surface area contributed by atoms with E-state index in [9.17, 15) is 0 Å². The summed E-state index contributed by atoms with van der Waals surface area (Å²) < 4.78 is 0. The largest absolute Gasteiger partial charge is 0.333 e. The van der Waals surface area contributed by atoms with Crippen LogP contribution in [0.1, 0.15) is 33.4 Å². The Labute approximate surface area is 244 Å². The second-order valence-corrected chi connectivity index (χ2v) is 9.82. The summed E-state index contributed by atoms with van der Waals surface area (Å²) in [5, 5.41) is 4.38. The molecule has 6 aromatic carbocycles. The topological polar surface area (TPSA) is 38.0 Å². The van der Waals surface area contributed by atoms with E-state index in [0.29, 0.717) is 0 Å². The van der Waals surface area contributed by atoms with Gasteiger partial charge in [0.05, 0.1) is 11.1 Å². The number of hydrogen-bond acceptors (Lipinski definition) is 2. The van der Waals surface area contributed by atoms with Crippen molar-refractivity contribution in [2.45, 2.75) is 11.1 Å². The molecule has 2 nitrogen and oxygen atoms in total. The first-order valence-corrected chi connectivity index (χ1v) is 14.0. The average Bonchev–Trinajstić information content (AvgIpc) is 3.09. The van der Waals surface area contributed by atoms with E-state index in [1.165, 1.54) is 40.4 Å². The highest BCUT2D eigenvalue weighted by molar-refractivity contribution is 5.56. The lowest BCUT2D eigenvalue weighted by Gasteiger charge is -2.47. The molecular weight excluding hydrogens is 496 g/mol. The van der Waals surface area contributed by atoms with Crippen molar-refractivity contribution in [2.24, 2.45) is 5.73 Å². The molecule has 6 rings (SSSR count). The molecule has 0 aliphatic heterocycles. The Hall–Kier alpha value is -4.76. The van der Waals surface area contributed by atoms with Gasteiger partial charge in [0.2, 0.25) is 0 Å². The molecule has 3 N–H and O–H groups in total. The van der Waals surface area contributed by atoms with Gasteiger partial charge < -0.3 is 5.73 Å². The molecule has 0 bridgehead atoms. The lowest BCUT2D eigenvalue weighted by atomic mass is 9.70. The molecule has 0 fully saturated rings. The zero-order valence-electron chi connectivity index (χ0n) is 23.4. The Kier molecular flexibility index (Phi) is 8.85. The minimum atomic E-state index is -0.675. The normalized spacial score (nSPS) is 11.3.